The Kier molecular flexibility index (Phi) is 8.52. The van der Waals surface area contributed by atoms with Crippen LogP contribution >= 0.6 is 0 Å². The Hall–Kier alpha value is -0.860. The van der Waals surface area contributed by atoms with Crippen LogP contribution in [0, 0.1) is 0 Å². The van der Waals surface area contributed by atoms with Gasteiger partial charge in [0, 0.05) is 6.04 Å². The molecule has 0 bridgehead atoms. The predicted octanol–water partition coefficient (Wildman–Crippen LogP) is 3.98. The first kappa shape index (κ1) is 16.2. The lowest BCUT2D eigenvalue weighted by Crippen LogP contribution is -2.32. The van der Waals surface area contributed by atoms with Crippen LogP contribution in [0.5, 0.6) is 0 Å². The molecule has 0 amide bonds. The molecule has 0 heterocycles. The SMILES string of the molecule is CCCCN(CCCC)C(CCN)c1ccccc1. The predicted molar refractivity (Wildman–Crippen MR) is 84.2 cm³/mol. The molecule has 0 saturated heterocycles. The second-order valence-electron chi connectivity index (χ2n) is 5.25. The van der Waals surface area contributed by atoms with Crippen molar-refractivity contribution in [3.63, 3.8) is 0 Å². The van der Waals surface area contributed by atoms with E-state index in [2.05, 4.69) is 49.1 Å². The summed E-state index contributed by atoms with van der Waals surface area (Å²) in [7, 11) is 0. The summed E-state index contributed by atoms with van der Waals surface area (Å²) in [6.07, 6.45) is 6.12. The Morgan fingerprint density at radius 2 is 1.58 bits per heavy atom. The van der Waals surface area contributed by atoms with Gasteiger partial charge in [-0.15, -0.1) is 0 Å². The van der Waals surface area contributed by atoms with Crippen molar-refractivity contribution in [1.29, 1.82) is 0 Å². The molecule has 0 spiro atoms. The van der Waals surface area contributed by atoms with Gasteiger partial charge in [0.2, 0.25) is 0 Å². The molecule has 0 aromatic heterocycles. The molecule has 0 fully saturated rings. The number of rotatable bonds is 10. The average Bonchev–Trinajstić information content (AvgIpc) is 2.46. The fourth-order valence-corrected chi connectivity index (χ4v) is 2.54. The summed E-state index contributed by atoms with van der Waals surface area (Å²) in [5.41, 5.74) is 7.25. The minimum Gasteiger partial charge on any atom is -0.330 e. The summed E-state index contributed by atoms with van der Waals surface area (Å²) < 4.78 is 0. The van der Waals surface area contributed by atoms with Crippen LogP contribution in [0.15, 0.2) is 30.3 Å². The van der Waals surface area contributed by atoms with Crippen LogP contribution in [0.3, 0.4) is 0 Å². The number of benzene rings is 1. The molecule has 1 unspecified atom stereocenters. The van der Waals surface area contributed by atoms with Crippen molar-refractivity contribution in [1.82, 2.24) is 4.90 Å². The molecule has 0 radical (unpaired) electrons. The molecule has 19 heavy (non-hydrogen) atoms. The molecule has 2 N–H and O–H groups in total. The second-order valence-corrected chi connectivity index (χ2v) is 5.25. The number of nitrogens with zero attached hydrogens (tertiary/aromatic N) is 1. The molecule has 0 saturated carbocycles. The molecule has 0 aliphatic rings. The molecule has 2 nitrogen and oxygen atoms in total. The first-order valence-electron chi connectivity index (χ1n) is 7.82. The highest BCUT2D eigenvalue weighted by atomic mass is 15.1. The van der Waals surface area contributed by atoms with Gasteiger partial charge >= 0.3 is 0 Å². The van der Waals surface area contributed by atoms with Crippen molar-refractivity contribution in [2.45, 2.75) is 52.0 Å². The average molecular weight is 262 g/mol. The summed E-state index contributed by atoms with van der Waals surface area (Å²) in [4.78, 5) is 2.63. The lowest BCUT2D eigenvalue weighted by Gasteiger charge is -2.32. The van der Waals surface area contributed by atoms with E-state index in [4.69, 9.17) is 5.73 Å². The van der Waals surface area contributed by atoms with Gasteiger partial charge in [-0.05, 0) is 44.5 Å². The molecule has 1 atom stereocenters. The standard InChI is InChI=1S/C17H30N2/c1-3-5-14-19(15-6-4-2)17(12-13-18)16-10-8-7-9-11-16/h7-11,17H,3-6,12-15,18H2,1-2H3. The van der Waals surface area contributed by atoms with E-state index in [9.17, 15) is 0 Å². The molecular weight excluding hydrogens is 232 g/mol. The molecule has 0 aliphatic carbocycles. The highest BCUT2D eigenvalue weighted by Crippen LogP contribution is 2.24. The summed E-state index contributed by atoms with van der Waals surface area (Å²) >= 11 is 0. The zero-order chi connectivity index (χ0) is 13.9. The summed E-state index contributed by atoms with van der Waals surface area (Å²) in [6, 6.07) is 11.3. The maximum absolute atomic E-state index is 5.84. The molecular formula is C17H30N2. The first-order chi connectivity index (χ1) is 9.33. The summed E-state index contributed by atoms with van der Waals surface area (Å²) in [5, 5.41) is 0. The molecule has 1 aromatic rings. The van der Waals surface area contributed by atoms with Crippen LogP contribution in [-0.2, 0) is 0 Å². The lowest BCUT2D eigenvalue weighted by atomic mass is 10.0. The Labute approximate surface area is 119 Å². The van der Waals surface area contributed by atoms with Gasteiger partial charge in [0.1, 0.15) is 0 Å². The van der Waals surface area contributed by atoms with E-state index >= 15 is 0 Å². The van der Waals surface area contributed by atoms with Crippen LogP contribution in [-0.4, -0.2) is 24.5 Å². The van der Waals surface area contributed by atoms with Gasteiger partial charge < -0.3 is 5.73 Å². The lowest BCUT2D eigenvalue weighted by molar-refractivity contribution is 0.183. The highest BCUT2D eigenvalue weighted by Gasteiger charge is 2.18. The molecule has 0 aliphatic heterocycles. The van der Waals surface area contributed by atoms with Gasteiger partial charge in [-0.25, -0.2) is 0 Å². The molecule has 108 valence electrons. The van der Waals surface area contributed by atoms with E-state index in [0.717, 1.165) is 13.0 Å². The molecule has 2 heteroatoms. The zero-order valence-corrected chi connectivity index (χ0v) is 12.6. The quantitative estimate of drug-likeness (QED) is 0.691. The fraction of sp³-hybridized carbons (Fsp3) is 0.647. The third-order valence-corrected chi connectivity index (χ3v) is 3.66. The number of hydrogen-bond acceptors (Lipinski definition) is 2. The topological polar surface area (TPSA) is 29.3 Å². The Morgan fingerprint density at radius 3 is 2.05 bits per heavy atom. The Morgan fingerprint density at radius 1 is 1.00 bits per heavy atom. The largest absolute Gasteiger partial charge is 0.330 e. The van der Waals surface area contributed by atoms with Crippen LogP contribution in [0.2, 0.25) is 0 Å². The zero-order valence-electron chi connectivity index (χ0n) is 12.6. The van der Waals surface area contributed by atoms with Gasteiger partial charge in [-0.1, -0.05) is 57.0 Å². The summed E-state index contributed by atoms with van der Waals surface area (Å²) in [5.74, 6) is 0. The van der Waals surface area contributed by atoms with Crippen LogP contribution in [0.25, 0.3) is 0 Å². The fourth-order valence-electron chi connectivity index (χ4n) is 2.54. The maximum atomic E-state index is 5.84. The Balaban J connectivity index is 2.77. The van der Waals surface area contributed by atoms with Gasteiger partial charge in [0.25, 0.3) is 0 Å². The molecule has 1 rings (SSSR count). The number of hydrogen-bond donors (Lipinski definition) is 1. The second kappa shape index (κ2) is 9.99. The van der Waals surface area contributed by atoms with E-state index in [-0.39, 0.29) is 0 Å². The van der Waals surface area contributed by atoms with E-state index in [1.807, 2.05) is 0 Å². The van der Waals surface area contributed by atoms with Crippen LogP contribution in [0.4, 0.5) is 0 Å². The smallest absolute Gasteiger partial charge is 0.0360 e. The minimum atomic E-state index is 0.490. The minimum absolute atomic E-state index is 0.490. The first-order valence-corrected chi connectivity index (χ1v) is 7.82. The van der Waals surface area contributed by atoms with E-state index in [1.54, 1.807) is 0 Å². The highest BCUT2D eigenvalue weighted by molar-refractivity contribution is 5.19. The third kappa shape index (κ3) is 5.75. The van der Waals surface area contributed by atoms with Crippen molar-refractivity contribution in [3.05, 3.63) is 35.9 Å². The van der Waals surface area contributed by atoms with Crippen molar-refractivity contribution < 1.29 is 0 Å². The molecule has 1 aromatic carbocycles. The van der Waals surface area contributed by atoms with Crippen LogP contribution < -0.4 is 5.73 Å². The number of unbranched alkanes of at least 4 members (excludes halogenated alkanes) is 2. The monoisotopic (exact) mass is 262 g/mol. The maximum Gasteiger partial charge on any atom is 0.0360 e. The van der Waals surface area contributed by atoms with Gasteiger partial charge in [0.05, 0.1) is 0 Å². The van der Waals surface area contributed by atoms with E-state index in [1.165, 1.54) is 44.3 Å². The van der Waals surface area contributed by atoms with Crippen molar-refractivity contribution >= 4 is 0 Å². The van der Waals surface area contributed by atoms with Gasteiger partial charge in [-0.3, -0.25) is 4.90 Å². The summed E-state index contributed by atoms with van der Waals surface area (Å²) in [6.45, 7) is 7.66. The van der Waals surface area contributed by atoms with Gasteiger partial charge in [0.15, 0.2) is 0 Å². The van der Waals surface area contributed by atoms with Crippen molar-refractivity contribution in [2.75, 3.05) is 19.6 Å². The van der Waals surface area contributed by atoms with Gasteiger partial charge in [-0.2, -0.15) is 0 Å². The number of nitrogens with two attached hydrogens (primary N) is 1. The third-order valence-electron chi connectivity index (χ3n) is 3.66. The van der Waals surface area contributed by atoms with E-state index < -0.39 is 0 Å². The van der Waals surface area contributed by atoms with Crippen LogP contribution in [0.1, 0.15) is 57.6 Å². The van der Waals surface area contributed by atoms with Crippen molar-refractivity contribution in [2.24, 2.45) is 5.73 Å². The van der Waals surface area contributed by atoms with Crippen molar-refractivity contribution in [3.8, 4) is 0 Å². The Bertz CT molecular complexity index is 302. The van der Waals surface area contributed by atoms with E-state index in [0.29, 0.717) is 6.04 Å². The normalized spacial score (nSPS) is 12.8.